The van der Waals surface area contributed by atoms with E-state index in [1.165, 1.54) is 13.0 Å². The lowest BCUT2D eigenvalue weighted by Crippen LogP contribution is -2.30. The molecule has 0 bridgehead atoms. The highest BCUT2D eigenvalue weighted by atomic mass is 79.9. The number of halogens is 5. The van der Waals surface area contributed by atoms with Crippen LogP contribution in [0.5, 0.6) is 0 Å². The number of rotatable bonds is 4. The van der Waals surface area contributed by atoms with Crippen molar-refractivity contribution in [2.45, 2.75) is 13.0 Å². The van der Waals surface area contributed by atoms with Crippen molar-refractivity contribution < 1.29 is 27.5 Å². The summed E-state index contributed by atoms with van der Waals surface area (Å²) < 4.78 is 45.8. The molecule has 1 aromatic heterocycles. The Kier molecular flexibility index (Phi) is 6.05. The third kappa shape index (κ3) is 4.17. The monoisotopic (exact) mass is 485 g/mol. The highest BCUT2D eigenvalue weighted by Crippen LogP contribution is 2.32. The molecule has 0 aliphatic rings. The smallest absolute Gasteiger partial charge is 0.349 e. The number of carbonyl (C=O) groups is 2. The van der Waals surface area contributed by atoms with Gasteiger partial charge >= 0.3 is 5.97 Å². The largest absolute Gasteiger partial charge is 0.448 e. The molecule has 1 amide bonds. The molecule has 0 aliphatic carbocycles. The minimum atomic E-state index is -1.70. The Hall–Kier alpha value is -1.39. The summed E-state index contributed by atoms with van der Waals surface area (Å²) in [5.74, 6) is -6.25. The zero-order valence-electron chi connectivity index (χ0n) is 11.8. The summed E-state index contributed by atoms with van der Waals surface area (Å²) in [5.41, 5.74) is -0.552. The standard InChI is InChI=1S/C14H8Br2F3NO3S/c1-5(23-14(22)9-4-6(15)12(16)24-9)13(21)20-8-3-2-7(17)10(18)11(8)19/h2-5H,1H3,(H,20,21). The molecule has 0 aliphatic heterocycles. The van der Waals surface area contributed by atoms with Gasteiger partial charge in [-0.25, -0.2) is 18.0 Å². The van der Waals surface area contributed by atoms with Crippen LogP contribution in [-0.4, -0.2) is 18.0 Å². The van der Waals surface area contributed by atoms with Gasteiger partial charge in [0.05, 0.1) is 9.47 Å². The topological polar surface area (TPSA) is 55.4 Å². The van der Waals surface area contributed by atoms with Gasteiger partial charge in [-0.05, 0) is 57.0 Å². The average Bonchev–Trinajstić information content (AvgIpc) is 2.87. The van der Waals surface area contributed by atoms with Crippen molar-refractivity contribution >= 4 is 60.8 Å². The second kappa shape index (κ2) is 7.66. The number of benzene rings is 1. The second-order valence-electron chi connectivity index (χ2n) is 4.49. The van der Waals surface area contributed by atoms with Crippen LogP contribution in [0.3, 0.4) is 0 Å². The van der Waals surface area contributed by atoms with Crippen LogP contribution in [0, 0.1) is 17.5 Å². The predicted molar refractivity (Wildman–Crippen MR) is 89.5 cm³/mol. The zero-order chi connectivity index (χ0) is 18.0. The highest BCUT2D eigenvalue weighted by molar-refractivity contribution is 9.13. The molecule has 1 N–H and O–H groups in total. The maximum Gasteiger partial charge on any atom is 0.349 e. The normalized spacial score (nSPS) is 11.9. The molecule has 1 unspecified atom stereocenters. The molecular formula is C14H8Br2F3NO3S. The van der Waals surface area contributed by atoms with Gasteiger partial charge in [0.15, 0.2) is 23.6 Å². The fourth-order valence-electron chi connectivity index (χ4n) is 1.58. The number of hydrogen-bond donors (Lipinski definition) is 1. The van der Waals surface area contributed by atoms with Crippen molar-refractivity contribution in [3.05, 3.63) is 48.8 Å². The van der Waals surface area contributed by atoms with Crippen LogP contribution >= 0.6 is 43.2 Å². The van der Waals surface area contributed by atoms with Gasteiger partial charge in [0.1, 0.15) is 4.88 Å². The van der Waals surface area contributed by atoms with E-state index in [1.54, 1.807) is 0 Å². The summed E-state index contributed by atoms with van der Waals surface area (Å²) in [5, 5.41) is 2.04. The van der Waals surface area contributed by atoms with Gasteiger partial charge in [-0.2, -0.15) is 0 Å². The number of hydrogen-bond acceptors (Lipinski definition) is 4. The lowest BCUT2D eigenvalue weighted by Gasteiger charge is -2.13. The SMILES string of the molecule is CC(OC(=O)c1cc(Br)c(Br)s1)C(=O)Nc1ccc(F)c(F)c1F. The lowest BCUT2D eigenvalue weighted by molar-refractivity contribution is -0.123. The molecule has 0 radical (unpaired) electrons. The molecule has 0 saturated heterocycles. The summed E-state index contributed by atoms with van der Waals surface area (Å²) in [6, 6.07) is 3.05. The first-order valence-electron chi connectivity index (χ1n) is 6.31. The Labute approximate surface area is 155 Å². The summed E-state index contributed by atoms with van der Waals surface area (Å²) >= 11 is 7.53. The first-order chi connectivity index (χ1) is 11.2. The van der Waals surface area contributed by atoms with Crippen molar-refractivity contribution in [3.8, 4) is 0 Å². The van der Waals surface area contributed by atoms with Crippen LogP contribution in [0.4, 0.5) is 18.9 Å². The summed E-state index contributed by atoms with van der Waals surface area (Å²) in [4.78, 5) is 24.1. The first kappa shape index (κ1) is 18.9. The Bertz CT molecular complexity index is 793. The summed E-state index contributed by atoms with van der Waals surface area (Å²) in [6.45, 7) is 1.27. The number of carbonyl (C=O) groups excluding carboxylic acids is 2. The van der Waals surface area contributed by atoms with Crippen molar-refractivity contribution in [1.82, 2.24) is 0 Å². The van der Waals surface area contributed by atoms with E-state index in [4.69, 9.17) is 4.74 Å². The molecule has 1 aromatic carbocycles. The maximum absolute atomic E-state index is 13.5. The third-order valence-corrected chi connectivity index (χ3v) is 6.03. The summed E-state index contributed by atoms with van der Waals surface area (Å²) in [6.07, 6.45) is -1.27. The minimum absolute atomic E-state index is 0.243. The molecule has 2 rings (SSSR count). The van der Waals surface area contributed by atoms with Gasteiger partial charge in [-0.3, -0.25) is 4.79 Å². The minimum Gasteiger partial charge on any atom is -0.448 e. The average molecular weight is 487 g/mol. The Morgan fingerprint density at radius 2 is 1.88 bits per heavy atom. The van der Waals surface area contributed by atoms with Crippen molar-refractivity contribution in [3.63, 3.8) is 0 Å². The van der Waals surface area contributed by atoms with Crippen LogP contribution in [-0.2, 0) is 9.53 Å². The highest BCUT2D eigenvalue weighted by Gasteiger charge is 2.23. The third-order valence-electron chi connectivity index (χ3n) is 2.79. The van der Waals surface area contributed by atoms with Gasteiger partial charge in [0, 0.05) is 4.47 Å². The van der Waals surface area contributed by atoms with Crippen LogP contribution in [0.1, 0.15) is 16.6 Å². The fraction of sp³-hybridized carbons (Fsp3) is 0.143. The second-order valence-corrected chi connectivity index (χ2v) is 7.72. The molecule has 128 valence electrons. The Balaban J connectivity index is 2.05. The predicted octanol–water partition coefficient (Wildman–Crippen LogP) is 4.87. The van der Waals surface area contributed by atoms with Crippen molar-refractivity contribution in [2.24, 2.45) is 0 Å². The molecule has 0 fully saturated rings. The van der Waals surface area contributed by atoms with Crippen LogP contribution in [0.2, 0.25) is 0 Å². The number of esters is 1. The number of anilines is 1. The fourth-order valence-corrected chi connectivity index (χ4v) is 3.49. The van der Waals surface area contributed by atoms with E-state index in [9.17, 15) is 22.8 Å². The van der Waals surface area contributed by atoms with E-state index in [1.807, 2.05) is 5.32 Å². The van der Waals surface area contributed by atoms with E-state index >= 15 is 0 Å². The number of nitrogens with one attached hydrogen (secondary N) is 1. The number of ether oxygens (including phenoxy) is 1. The van der Waals surface area contributed by atoms with E-state index in [0.717, 1.165) is 17.4 Å². The van der Waals surface area contributed by atoms with E-state index in [0.29, 0.717) is 14.3 Å². The zero-order valence-corrected chi connectivity index (χ0v) is 15.8. The molecule has 2 aromatic rings. The quantitative estimate of drug-likeness (QED) is 0.495. The molecule has 0 saturated carbocycles. The van der Waals surface area contributed by atoms with Gasteiger partial charge < -0.3 is 10.1 Å². The Morgan fingerprint density at radius 3 is 2.46 bits per heavy atom. The van der Waals surface area contributed by atoms with Crippen LogP contribution in [0.25, 0.3) is 0 Å². The summed E-state index contributed by atoms with van der Waals surface area (Å²) in [7, 11) is 0. The van der Waals surface area contributed by atoms with Crippen LogP contribution in [0.15, 0.2) is 26.5 Å². The molecule has 0 spiro atoms. The number of thiophene rings is 1. The molecular weight excluding hydrogens is 479 g/mol. The molecule has 1 atom stereocenters. The van der Waals surface area contributed by atoms with Crippen molar-refractivity contribution in [1.29, 1.82) is 0 Å². The van der Waals surface area contributed by atoms with Crippen molar-refractivity contribution in [2.75, 3.05) is 5.32 Å². The molecule has 1 heterocycles. The van der Waals surface area contributed by atoms with E-state index in [-0.39, 0.29) is 4.88 Å². The van der Waals surface area contributed by atoms with E-state index in [2.05, 4.69) is 31.9 Å². The van der Waals surface area contributed by atoms with Gasteiger partial charge in [0.2, 0.25) is 0 Å². The maximum atomic E-state index is 13.5. The number of amides is 1. The van der Waals surface area contributed by atoms with E-state index < -0.39 is 41.1 Å². The molecule has 10 heteroatoms. The lowest BCUT2D eigenvalue weighted by atomic mass is 10.2. The van der Waals surface area contributed by atoms with Gasteiger partial charge in [-0.1, -0.05) is 0 Å². The van der Waals surface area contributed by atoms with Gasteiger partial charge in [0.25, 0.3) is 5.91 Å². The Morgan fingerprint density at radius 1 is 1.21 bits per heavy atom. The molecule has 4 nitrogen and oxygen atoms in total. The van der Waals surface area contributed by atoms with Crippen LogP contribution < -0.4 is 5.32 Å². The first-order valence-corrected chi connectivity index (χ1v) is 8.71. The van der Waals surface area contributed by atoms with Gasteiger partial charge in [-0.15, -0.1) is 11.3 Å². The molecule has 24 heavy (non-hydrogen) atoms.